The normalized spacial score (nSPS) is 10.9. The summed E-state index contributed by atoms with van der Waals surface area (Å²) in [5.41, 5.74) is 1.31. The summed E-state index contributed by atoms with van der Waals surface area (Å²) in [6.07, 6.45) is -1.45. The van der Waals surface area contributed by atoms with Gasteiger partial charge in [0, 0.05) is 25.4 Å². The Hall–Kier alpha value is -2.95. The number of ether oxygens (including phenoxy) is 1. The predicted molar refractivity (Wildman–Crippen MR) is 95.4 cm³/mol. The van der Waals surface area contributed by atoms with Gasteiger partial charge in [-0.2, -0.15) is 8.78 Å². The zero-order valence-electron chi connectivity index (χ0n) is 14.3. The van der Waals surface area contributed by atoms with Gasteiger partial charge in [0.2, 0.25) is 5.89 Å². The van der Waals surface area contributed by atoms with Gasteiger partial charge in [0.05, 0.1) is 28.0 Å². The van der Waals surface area contributed by atoms with Gasteiger partial charge in [-0.25, -0.2) is 4.39 Å². The highest BCUT2D eigenvalue weighted by Gasteiger charge is 2.18. The number of carbonyl (C=O) groups excluding carboxylic acids is 1. The molecule has 0 bridgehead atoms. The Morgan fingerprint density at radius 2 is 2.11 bits per heavy atom. The van der Waals surface area contributed by atoms with E-state index in [-0.39, 0.29) is 29.1 Å². The number of nitrogens with zero attached hydrogens (tertiary/aromatic N) is 4. The number of halogens is 4. The number of alkyl halides is 2. The molecular formula is C17H12BrF3N4O3. The van der Waals surface area contributed by atoms with E-state index in [0.29, 0.717) is 16.9 Å². The molecule has 3 rings (SSSR count). The average molecular weight is 457 g/mol. The average Bonchev–Trinajstić information content (AvgIpc) is 3.16. The van der Waals surface area contributed by atoms with Crippen molar-refractivity contribution in [1.29, 1.82) is 0 Å². The zero-order chi connectivity index (χ0) is 20.3. The van der Waals surface area contributed by atoms with E-state index in [2.05, 4.69) is 31.1 Å². The zero-order valence-corrected chi connectivity index (χ0v) is 15.9. The van der Waals surface area contributed by atoms with Crippen molar-refractivity contribution in [2.45, 2.75) is 13.0 Å². The molecule has 2 aromatic heterocycles. The molecule has 0 aliphatic heterocycles. The molecule has 0 radical (unpaired) electrons. The van der Waals surface area contributed by atoms with Crippen LogP contribution >= 0.6 is 15.9 Å². The van der Waals surface area contributed by atoms with Crippen LogP contribution in [0.2, 0.25) is 0 Å². The first-order chi connectivity index (χ1) is 13.4. The van der Waals surface area contributed by atoms with Crippen LogP contribution in [0.15, 0.2) is 39.4 Å². The quantitative estimate of drug-likeness (QED) is 0.494. The maximum Gasteiger partial charge on any atom is 0.314 e. The molecule has 0 fully saturated rings. The van der Waals surface area contributed by atoms with Crippen LogP contribution in [-0.4, -0.2) is 28.7 Å². The molecule has 146 valence electrons. The molecule has 0 spiro atoms. The predicted octanol–water partition coefficient (Wildman–Crippen LogP) is 4.14. The Morgan fingerprint density at radius 1 is 1.32 bits per heavy atom. The third-order valence-corrected chi connectivity index (χ3v) is 4.29. The number of hydrogen-bond acceptors (Lipinski definition) is 7. The number of aromatic nitrogens is 3. The van der Waals surface area contributed by atoms with Gasteiger partial charge in [-0.1, -0.05) is 0 Å². The van der Waals surface area contributed by atoms with Crippen LogP contribution in [0.1, 0.15) is 18.0 Å². The van der Waals surface area contributed by atoms with Crippen molar-refractivity contribution in [2.24, 2.45) is 0 Å². The number of carbonyl (C=O) groups is 1. The minimum Gasteiger partial charge on any atom is -0.426 e. The van der Waals surface area contributed by atoms with Crippen LogP contribution in [0.4, 0.5) is 18.9 Å². The van der Waals surface area contributed by atoms with Crippen LogP contribution in [-0.2, 0) is 11.3 Å². The molecule has 0 aliphatic rings. The molecule has 0 N–H and O–H groups in total. The van der Waals surface area contributed by atoms with E-state index in [1.807, 2.05) is 0 Å². The molecule has 0 amide bonds. The molecule has 7 nitrogen and oxygen atoms in total. The third-order valence-electron chi connectivity index (χ3n) is 3.69. The molecule has 1 aromatic carbocycles. The number of benzene rings is 1. The molecule has 0 aliphatic carbocycles. The molecular weight excluding hydrogens is 445 g/mol. The van der Waals surface area contributed by atoms with Crippen LogP contribution in [0.25, 0.3) is 11.5 Å². The molecule has 0 saturated carbocycles. The second kappa shape index (κ2) is 8.38. The highest BCUT2D eigenvalue weighted by atomic mass is 79.9. The van der Waals surface area contributed by atoms with Crippen molar-refractivity contribution in [1.82, 2.24) is 15.2 Å². The summed E-state index contributed by atoms with van der Waals surface area (Å²) in [6, 6.07) is 5.79. The Morgan fingerprint density at radius 3 is 2.71 bits per heavy atom. The summed E-state index contributed by atoms with van der Waals surface area (Å²) in [5.74, 6) is -1.18. The lowest BCUT2D eigenvalue weighted by molar-refractivity contribution is -0.120. The van der Waals surface area contributed by atoms with Gasteiger partial charge in [-0.3, -0.25) is 9.78 Å². The number of hydrogen-bond donors (Lipinski definition) is 0. The summed E-state index contributed by atoms with van der Waals surface area (Å²) < 4.78 is 48.9. The molecule has 0 atom stereocenters. The molecule has 3 aromatic rings. The van der Waals surface area contributed by atoms with E-state index in [1.165, 1.54) is 18.3 Å². The van der Waals surface area contributed by atoms with E-state index in [1.54, 1.807) is 24.1 Å². The van der Waals surface area contributed by atoms with Crippen molar-refractivity contribution in [2.75, 3.05) is 11.9 Å². The Kier molecular flexibility index (Phi) is 5.93. The lowest BCUT2D eigenvalue weighted by Crippen LogP contribution is -2.18. The molecule has 2 heterocycles. The number of pyridine rings is 1. The minimum absolute atomic E-state index is 0.0700. The Bertz CT molecular complexity index is 982. The maximum atomic E-state index is 13.9. The summed E-state index contributed by atoms with van der Waals surface area (Å²) in [5, 5.41) is 6.81. The van der Waals surface area contributed by atoms with E-state index in [0.717, 1.165) is 0 Å². The summed E-state index contributed by atoms with van der Waals surface area (Å²) in [6.45, 7) is 0.505. The van der Waals surface area contributed by atoms with E-state index in [9.17, 15) is 18.0 Å². The van der Waals surface area contributed by atoms with Gasteiger partial charge in [0.1, 0.15) is 5.82 Å². The van der Waals surface area contributed by atoms with Crippen LogP contribution in [0, 0.1) is 5.82 Å². The standard InChI is InChI=1S/C17H12BrF3N4O3/c1-25(13-5-12(19)11(18)4-14(13)27-8-26)7-10-3-2-9(6-22-10)16-23-24-17(28-16)15(20)21/h2-6,8,15H,7H2,1H3. The third kappa shape index (κ3) is 4.30. The highest BCUT2D eigenvalue weighted by molar-refractivity contribution is 9.10. The maximum absolute atomic E-state index is 13.9. The van der Waals surface area contributed by atoms with Crippen LogP contribution in [0.5, 0.6) is 5.75 Å². The molecule has 28 heavy (non-hydrogen) atoms. The molecule has 0 saturated heterocycles. The summed E-state index contributed by atoms with van der Waals surface area (Å²) >= 11 is 3.04. The van der Waals surface area contributed by atoms with Gasteiger partial charge in [0.15, 0.2) is 5.75 Å². The van der Waals surface area contributed by atoms with Gasteiger partial charge < -0.3 is 14.1 Å². The number of rotatable bonds is 7. The Labute approximate surface area is 165 Å². The second-order valence-electron chi connectivity index (χ2n) is 5.59. The first kappa shape index (κ1) is 19.8. The van der Waals surface area contributed by atoms with Gasteiger partial charge in [-0.15, -0.1) is 10.2 Å². The largest absolute Gasteiger partial charge is 0.426 e. The fourth-order valence-electron chi connectivity index (χ4n) is 2.37. The summed E-state index contributed by atoms with van der Waals surface area (Å²) in [7, 11) is 1.67. The van der Waals surface area contributed by atoms with Gasteiger partial charge >= 0.3 is 6.43 Å². The smallest absolute Gasteiger partial charge is 0.314 e. The topological polar surface area (TPSA) is 81.3 Å². The monoisotopic (exact) mass is 456 g/mol. The van der Waals surface area contributed by atoms with Crippen LogP contribution in [0.3, 0.4) is 0 Å². The first-order valence-corrected chi connectivity index (χ1v) is 8.55. The second-order valence-corrected chi connectivity index (χ2v) is 6.44. The molecule has 0 unspecified atom stereocenters. The fraction of sp³-hybridized carbons (Fsp3) is 0.176. The number of anilines is 1. The lowest BCUT2D eigenvalue weighted by atomic mass is 10.2. The van der Waals surface area contributed by atoms with E-state index in [4.69, 9.17) is 9.15 Å². The SMILES string of the molecule is CN(Cc1ccc(-c2nnc(C(F)F)o2)cn1)c1cc(F)c(Br)cc1OC=O. The van der Waals surface area contributed by atoms with Crippen molar-refractivity contribution < 1.29 is 27.1 Å². The molecule has 11 heteroatoms. The van der Waals surface area contributed by atoms with E-state index >= 15 is 0 Å². The van der Waals surface area contributed by atoms with Crippen molar-refractivity contribution in [3.8, 4) is 17.2 Å². The van der Waals surface area contributed by atoms with Crippen molar-refractivity contribution in [3.63, 3.8) is 0 Å². The van der Waals surface area contributed by atoms with Crippen molar-refractivity contribution >= 4 is 28.1 Å². The fourth-order valence-corrected chi connectivity index (χ4v) is 2.70. The van der Waals surface area contributed by atoms with Gasteiger partial charge in [0.25, 0.3) is 12.4 Å². The Balaban J connectivity index is 1.78. The van der Waals surface area contributed by atoms with Crippen LogP contribution < -0.4 is 9.64 Å². The van der Waals surface area contributed by atoms with E-state index < -0.39 is 18.1 Å². The lowest BCUT2D eigenvalue weighted by Gasteiger charge is -2.21. The first-order valence-electron chi connectivity index (χ1n) is 7.76. The highest BCUT2D eigenvalue weighted by Crippen LogP contribution is 2.33. The summed E-state index contributed by atoms with van der Waals surface area (Å²) in [4.78, 5) is 16.5. The van der Waals surface area contributed by atoms with Crippen molar-refractivity contribution in [3.05, 3.63) is 52.3 Å². The minimum atomic E-state index is -2.85. The van der Waals surface area contributed by atoms with Gasteiger partial charge in [-0.05, 0) is 28.1 Å².